The summed E-state index contributed by atoms with van der Waals surface area (Å²) in [7, 11) is 0. The van der Waals surface area contributed by atoms with Crippen LogP contribution in [0.3, 0.4) is 0 Å². The van der Waals surface area contributed by atoms with Crippen molar-refractivity contribution in [2.75, 3.05) is 19.6 Å². The summed E-state index contributed by atoms with van der Waals surface area (Å²) in [5.74, 6) is 0.573. The van der Waals surface area contributed by atoms with Crippen LogP contribution in [0.15, 0.2) is 0 Å². The second kappa shape index (κ2) is 6.11. The minimum atomic E-state index is 0.233. The topological polar surface area (TPSA) is 32.3 Å². The van der Waals surface area contributed by atoms with E-state index in [1.54, 1.807) is 0 Å². The van der Waals surface area contributed by atoms with E-state index in [9.17, 15) is 4.79 Å². The minimum Gasteiger partial charge on any atom is -0.341 e. The van der Waals surface area contributed by atoms with Gasteiger partial charge >= 0.3 is 0 Å². The number of amides is 1. The van der Waals surface area contributed by atoms with Crippen LogP contribution < -0.4 is 5.32 Å². The number of carbonyl (C=O) groups excluding carboxylic acids is 1. The number of nitrogens with zero attached hydrogens (tertiary/aromatic N) is 1. The predicted octanol–water partition coefficient (Wildman–Crippen LogP) is 1.63. The van der Waals surface area contributed by atoms with Crippen molar-refractivity contribution in [3.05, 3.63) is 0 Å². The molecule has 1 amide bonds. The number of hydrogen-bond acceptors (Lipinski definition) is 2. The molecule has 0 spiro atoms. The van der Waals surface area contributed by atoms with Gasteiger partial charge < -0.3 is 10.2 Å². The monoisotopic (exact) mass is 212 g/mol. The van der Waals surface area contributed by atoms with Crippen molar-refractivity contribution in [1.82, 2.24) is 10.2 Å². The first-order chi connectivity index (χ1) is 7.15. The lowest BCUT2D eigenvalue weighted by molar-refractivity contribution is -0.138. The Labute approximate surface area is 93.2 Å². The first-order valence-corrected chi connectivity index (χ1v) is 6.17. The van der Waals surface area contributed by atoms with Crippen LogP contribution in [-0.4, -0.2) is 36.5 Å². The molecule has 1 rings (SSSR count). The Hall–Kier alpha value is -0.570. The van der Waals surface area contributed by atoms with Crippen LogP contribution in [0.25, 0.3) is 0 Å². The Morgan fingerprint density at radius 3 is 3.00 bits per heavy atom. The number of likely N-dealkylation sites (tertiary alicyclic amines) is 1. The molecule has 1 aliphatic heterocycles. The van der Waals surface area contributed by atoms with Crippen molar-refractivity contribution in [3.8, 4) is 0 Å². The van der Waals surface area contributed by atoms with Crippen LogP contribution in [0.5, 0.6) is 0 Å². The fraction of sp³-hybridized carbons (Fsp3) is 0.917. The van der Waals surface area contributed by atoms with Gasteiger partial charge in [-0.05, 0) is 32.7 Å². The van der Waals surface area contributed by atoms with Gasteiger partial charge in [0.05, 0.1) is 0 Å². The molecule has 0 aromatic carbocycles. The fourth-order valence-corrected chi connectivity index (χ4v) is 2.10. The third-order valence-corrected chi connectivity index (χ3v) is 3.04. The molecule has 1 fully saturated rings. The molecule has 0 saturated carbocycles. The number of hydrogen-bond donors (Lipinski definition) is 1. The van der Waals surface area contributed by atoms with E-state index in [1.807, 2.05) is 11.8 Å². The highest BCUT2D eigenvalue weighted by Crippen LogP contribution is 2.17. The SMILES string of the molecule is CCCNC(C)CN1CCCC(C)C1=O. The van der Waals surface area contributed by atoms with Crippen molar-refractivity contribution < 1.29 is 4.79 Å². The summed E-state index contributed by atoms with van der Waals surface area (Å²) >= 11 is 0. The zero-order valence-electron chi connectivity index (χ0n) is 10.3. The van der Waals surface area contributed by atoms with E-state index in [1.165, 1.54) is 0 Å². The lowest BCUT2D eigenvalue weighted by Gasteiger charge is -2.32. The largest absolute Gasteiger partial charge is 0.341 e. The molecule has 0 bridgehead atoms. The molecule has 2 atom stereocenters. The molecule has 0 aliphatic carbocycles. The molecule has 0 aromatic rings. The second-order valence-corrected chi connectivity index (χ2v) is 4.68. The summed E-state index contributed by atoms with van der Waals surface area (Å²) in [6.07, 6.45) is 3.37. The van der Waals surface area contributed by atoms with Gasteiger partial charge in [-0.1, -0.05) is 13.8 Å². The summed E-state index contributed by atoms with van der Waals surface area (Å²) in [4.78, 5) is 13.8. The van der Waals surface area contributed by atoms with Crippen LogP contribution in [-0.2, 0) is 4.79 Å². The van der Waals surface area contributed by atoms with E-state index >= 15 is 0 Å². The van der Waals surface area contributed by atoms with Gasteiger partial charge in [0.1, 0.15) is 0 Å². The molecule has 88 valence electrons. The molecule has 2 unspecified atom stereocenters. The van der Waals surface area contributed by atoms with Crippen molar-refractivity contribution in [3.63, 3.8) is 0 Å². The van der Waals surface area contributed by atoms with Crippen molar-refractivity contribution >= 4 is 5.91 Å². The quantitative estimate of drug-likeness (QED) is 0.751. The molecule has 3 nitrogen and oxygen atoms in total. The Kier molecular flexibility index (Phi) is 5.09. The van der Waals surface area contributed by atoms with Gasteiger partial charge in [0.2, 0.25) is 5.91 Å². The maximum Gasteiger partial charge on any atom is 0.225 e. The average Bonchev–Trinajstić information content (AvgIpc) is 2.22. The highest BCUT2D eigenvalue weighted by atomic mass is 16.2. The van der Waals surface area contributed by atoms with E-state index < -0.39 is 0 Å². The lowest BCUT2D eigenvalue weighted by atomic mass is 9.99. The normalized spacial score (nSPS) is 24.3. The Morgan fingerprint density at radius 1 is 1.60 bits per heavy atom. The van der Waals surface area contributed by atoms with E-state index in [-0.39, 0.29) is 5.92 Å². The minimum absolute atomic E-state index is 0.233. The van der Waals surface area contributed by atoms with Crippen molar-refractivity contribution in [2.24, 2.45) is 5.92 Å². The lowest BCUT2D eigenvalue weighted by Crippen LogP contribution is -2.47. The van der Waals surface area contributed by atoms with E-state index in [2.05, 4.69) is 19.2 Å². The molecule has 3 heteroatoms. The van der Waals surface area contributed by atoms with Crippen LogP contribution >= 0.6 is 0 Å². The molecule has 1 aliphatic rings. The molecule has 15 heavy (non-hydrogen) atoms. The number of piperidine rings is 1. The zero-order chi connectivity index (χ0) is 11.3. The summed E-state index contributed by atoms with van der Waals surface area (Å²) < 4.78 is 0. The summed E-state index contributed by atoms with van der Waals surface area (Å²) in [5.41, 5.74) is 0. The van der Waals surface area contributed by atoms with Crippen LogP contribution in [0.2, 0.25) is 0 Å². The third kappa shape index (κ3) is 3.82. The number of nitrogens with one attached hydrogen (secondary N) is 1. The summed E-state index contributed by atoms with van der Waals surface area (Å²) in [6, 6.07) is 0.416. The van der Waals surface area contributed by atoms with Gasteiger partial charge in [-0.3, -0.25) is 4.79 Å². The van der Waals surface area contributed by atoms with E-state index in [4.69, 9.17) is 0 Å². The molecular weight excluding hydrogens is 188 g/mol. The maximum absolute atomic E-state index is 11.8. The van der Waals surface area contributed by atoms with Gasteiger partial charge in [-0.15, -0.1) is 0 Å². The highest BCUT2D eigenvalue weighted by Gasteiger charge is 2.25. The third-order valence-electron chi connectivity index (χ3n) is 3.04. The van der Waals surface area contributed by atoms with E-state index in [0.717, 1.165) is 38.9 Å². The standard InChI is InChI=1S/C12H24N2O/c1-4-7-13-11(3)9-14-8-5-6-10(2)12(14)15/h10-11,13H,4-9H2,1-3H3. The predicted molar refractivity (Wildman–Crippen MR) is 62.7 cm³/mol. The van der Waals surface area contributed by atoms with Gasteiger partial charge in [-0.2, -0.15) is 0 Å². The smallest absolute Gasteiger partial charge is 0.225 e. The van der Waals surface area contributed by atoms with Crippen molar-refractivity contribution in [2.45, 2.75) is 46.1 Å². The van der Waals surface area contributed by atoms with Crippen LogP contribution in [0.4, 0.5) is 0 Å². The maximum atomic E-state index is 11.8. The first-order valence-electron chi connectivity index (χ1n) is 6.17. The molecule has 1 N–H and O–H groups in total. The van der Waals surface area contributed by atoms with Crippen LogP contribution in [0, 0.1) is 5.92 Å². The Balaban J connectivity index is 2.33. The molecule has 1 saturated heterocycles. The average molecular weight is 212 g/mol. The molecule has 0 aromatic heterocycles. The van der Waals surface area contributed by atoms with Gasteiger partial charge in [-0.25, -0.2) is 0 Å². The number of carbonyl (C=O) groups is 1. The van der Waals surface area contributed by atoms with Crippen LogP contribution in [0.1, 0.15) is 40.0 Å². The summed E-state index contributed by atoms with van der Waals surface area (Å²) in [5, 5.41) is 3.42. The number of rotatable bonds is 5. The first kappa shape index (κ1) is 12.5. The Morgan fingerprint density at radius 2 is 2.33 bits per heavy atom. The summed E-state index contributed by atoms with van der Waals surface area (Å²) in [6.45, 7) is 9.21. The molecule has 1 heterocycles. The van der Waals surface area contributed by atoms with Gasteiger partial charge in [0.15, 0.2) is 0 Å². The zero-order valence-corrected chi connectivity index (χ0v) is 10.3. The Bertz CT molecular complexity index is 206. The van der Waals surface area contributed by atoms with Gasteiger partial charge in [0.25, 0.3) is 0 Å². The highest BCUT2D eigenvalue weighted by molar-refractivity contribution is 5.79. The molecule has 0 radical (unpaired) electrons. The molecular formula is C12H24N2O. The second-order valence-electron chi connectivity index (χ2n) is 4.68. The van der Waals surface area contributed by atoms with Crippen molar-refractivity contribution in [1.29, 1.82) is 0 Å². The van der Waals surface area contributed by atoms with E-state index in [0.29, 0.717) is 11.9 Å². The fourth-order valence-electron chi connectivity index (χ4n) is 2.10. The van der Waals surface area contributed by atoms with Gasteiger partial charge in [0, 0.05) is 25.0 Å².